The molecule has 1 aliphatic heterocycles. The van der Waals surface area contributed by atoms with E-state index in [1.165, 1.54) is 0 Å². The van der Waals surface area contributed by atoms with Gasteiger partial charge in [0.15, 0.2) is 0 Å². The van der Waals surface area contributed by atoms with Gasteiger partial charge in [-0.05, 0) is 59.9 Å². The summed E-state index contributed by atoms with van der Waals surface area (Å²) in [6, 6.07) is 21.1. The summed E-state index contributed by atoms with van der Waals surface area (Å²) in [4.78, 5) is 0. The average Bonchev–Trinajstić information content (AvgIpc) is 3.29. The standard InChI is InChI=1S/C26H22Cl2F3N3O2S/c27-19-8-5-16(6-9-19)24(20-3-1-2-4-22(20)28)18-7-10-23-21(15-18)25(33-32-23)17-11-13-34(14-12-17)37(35,36)26(29,30)31/h1-10,15,17,24H,11-14H2,(H,32,33). The smallest absolute Gasteiger partial charge is 0.278 e. The molecule has 0 saturated carbocycles. The molecule has 11 heteroatoms. The fourth-order valence-electron chi connectivity index (χ4n) is 4.97. The van der Waals surface area contributed by atoms with Gasteiger partial charge in [-0.2, -0.15) is 22.6 Å². The first-order valence-corrected chi connectivity index (χ1v) is 13.8. The number of nitrogens with one attached hydrogen (secondary N) is 1. The van der Waals surface area contributed by atoms with Crippen molar-refractivity contribution >= 4 is 44.1 Å². The highest BCUT2D eigenvalue weighted by Crippen LogP contribution is 2.40. The van der Waals surface area contributed by atoms with E-state index in [4.69, 9.17) is 23.2 Å². The Hall–Kier alpha value is -2.59. The van der Waals surface area contributed by atoms with Crippen molar-refractivity contribution in [2.45, 2.75) is 30.2 Å². The Labute approximate surface area is 222 Å². The normalized spacial score (nSPS) is 16.8. The van der Waals surface area contributed by atoms with Crippen LogP contribution in [0.5, 0.6) is 0 Å². The SMILES string of the molecule is O=S(=O)(N1CCC(c2n[nH]c3ccc(C(c4ccc(Cl)cc4)c4ccccc4Cl)cc23)CC1)C(F)(F)F. The number of rotatable bonds is 5. The monoisotopic (exact) mass is 567 g/mol. The highest BCUT2D eigenvalue weighted by atomic mass is 35.5. The zero-order valence-electron chi connectivity index (χ0n) is 19.3. The summed E-state index contributed by atoms with van der Waals surface area (Å²) in [5.41, 5.74) is -0.923. The van der Waals surface area contributed by atoms with Crippen molar-refractivity contribution in [1.82, 2.24) is 14.5 Å². The molecule has 0 radical (unpaired) electrons. The van der Waals surface area contributed by atoms with Crippen molar-refractivity contribution in [3.05, 3.63) is 99.2 Å². The van der Waals surface area contributed by atoms with Gasteiger partial charge in [0.2, 0.25) is 0 Å². The van der Waals surface area contributed by atoms with Gasteiger partial charge in [0.1, 0.15) is 0 Å². The van der Waals surface area contributed by atoms with Gasteiger partial charge in [-0.3, -0.25) is 5.10 Å². The molecular formula is C26H22Cl2F3N3O2S. The number of benzene rings is 3. The second-order valence-corrected chi connectivity index (χ2v) is 11.8. The Balaban J connectivity index is 1.51. The highest BCUT2D eigenvalue weighted by Gasteiger charge is 2.50. The Morgan fingerprint density at radius 1 is 0.946 bits per heavy atom. The molecule has 1 unspecified atom stereocenters. The number of aromatic amines is 1. The number of H-pyrrole nitrogens is 1. The van der Waals surface area contributed by atoms with Crippen LogP contribution in [0.1, 0.15) is 47.1 Å². The maximum Gasteiger partial charge on any atom is 0.511 e. The molecule has 1 aromatic heterocycles. The summed E-state index contributed by atoms with van der Waals surface area (Å²) >= 11 is 12.7. The van der Waals surface area contributed by atoms with Crippen LogP contribution in [0.3, 0.4) is 0 Å². The molecule has 1 aliphatic rings. The molecule has 2 heterocycles. The molecular weight excluding hydrogens is 546 g/mol. The third-order valence-corrected chi connectivity index (χ3v) is 9.07. The van der Waals surface area contributed by atoms with Crippen molar-refractivity contribution < 1.29 is 21.6 Å². The zero-order chi connectivity index (χ0) is 26.4. The van der Waals surface area contributed by atoms with Gasteiger partial charge in [-0.25, -0.2) is 8.42 Å². The number of hydrogen-bond acceptors (Lipinski definition) is 3. The predicted octanol–water partition coefficient (Wildman–Crippen LogP) is 7.08. The molecule has 1 saturated heterocycles. The summed E-state index contributed by atoms with van der Waals surface area (Å²) < 4.78 is 63.1. The lowest BCUT2D eigenvalue weighted by molar-refractivity contribution is -0.0494. The number of halogens is 5. The first-order valence-electron chi connectivity index (χ1n) is 11.6. The Kier molecular flexibility index (Phi) is 7.00. The second kappa shape index (κ2) is 9.94. The van der Waals surface area contributed by atoms with Crippen molar-refractivity contribution in [3.63, 3.8) is 0 Å². The van der Waals surface area contributed by atoms with Crippen LogP contribution in [0.2, 0.25) is 10.0 Å². The quantitative estimate of drug-likeness (QED) is 0.262. The molecule has 0 aliphatic carbocycles. The summed E-state index contributed by atoms with van der Waals surface area (Å²) in [7, 11) is -5.34. The van der Waals surface area contributed by atoms with Crippen molar-refractivity contribution in [2.24, 2.45) is 0 Å². The van der Waals surface area contributed by atoms with E-state index in [9.17, 15) is 21.6 Å². The molecule has 194 valence electrons. The summed E-state index contributed by atoms with van der Waals surface area (Å²) in [6.45, 7) is -0.429. The number of aromatic nitrogens is 2. The number of piperidine rings is 1. The maximum absolute atomic E-state index is 13.0. The van der Waals surface area contributed by atoms with Crippen LogP contribution in [0.4, 0.5) is 13.2 Å². The van der Waals surface area contributed by atoms with E-state index in [2.05, 4.69) is 10.2 Å². The molecule has 5 nitrogen and oxygen atoms in total. The summed E-state index contributed by atoms with van der Waals surface area (Å²) in [5.74, 6) is -0.380. The van der Waals surface area contributed by atoms with Crippen LogP contribution in [-0.2, 0) is 10.0 Å². The van der Waals surface area contributed by atoms with Crippen LogP contribution in [0.15, 0.2) is 66.7 Å². The van der Waals surface area contributed by atoms with Gasteiger partial charge in [-0.1, -0.05) is 59.6 Å². The minimum Gasteiger partial charge on any atom is -0.278 e. The number of sulfonamides is 1. The minimum atomic E-state index is -5.34. The van der Waals surface area contributed by atoms with E-state index in [1.807, 2.05) is 66.7 Å². The molecule has 1 N–H and O–H groups in total. The largest absolute Gasteiger partial charge is 0.511 e. The van der Waals surface area contributed by atoms with E-state index in [1.54, 1.807) is 0 Å². The van der Waals surface area contributed by atoms with E-state index >= 15 is 0 Å². The van der Waals surface area contributed by atoms with Crippen LogP contribution in [0, 0.1) is 0 Å². The van der Waals surface area contributed by atoms with Crippen molar-refractivity contribution in [2.75, 3.05) is 13.1 Å². The average molecular weight is 568 g/mol. The summed E-state index contributed by atoms with van der Waals surface area (Å²) in [6.07, 6.45) is 0.481. The number of nitrogens with zero attached hydrogens (tertiary/aromatic N) is 2. The fraction of sp³-hybridized carbons (Fsp3) is 0.269. The van der Waals surface area contributed by atoms with Crippen LogP contribution in [-0.4, -0.2) is 41.5 Å². The van der Waals surface area contributed by atoms with Gasteiger partial charge in [0.25, 0.3) is 0 Å². The van der Waals surface area contributed by atoms with Gasteiger partial charge in [0.05, 0.1) is 11.2 Å². The molecule has 1 fully saturated rings. The van der Waals surface area contributed by atoms with Gasteiger partial charge >= 0.3 is 15.5 Å². The Morgan fingerprint density at radius 2 is 1.59 bits per heavy atom. The molecule has 3 aromatic carbocycles. The number of hydrogen-bond donors (Lipinski definition) is 1. The maximum atomic E-state index is 13.0. The fourth-order valence-corrected chi connectivity index (χ4v) is 6.33. The minimum absolute atomic E-state index is 0.182. The van der Waals surface area contributed by atoms with E-state index in [-0.39, 0.29) is 37.8 Å². The predicted molar refractivity (Wildman–Crippen MR) is 138 cm³/mol. The third kappa shape index (κ3) is 4.97. The third-order valence-electron chi connectivity index (χ3n) is 6.84. The van der Waals surface area contributed by atoms with Crippen LogP contribution >= 0.6 is 23.2 Å². The highest BCUT2D eigenvalue weighted by molar-refractivity contribution is 7.90. The van der Waals surface area contributed by atoms with E-state index in [0.717, 1.165) is 33.3 Å². The van der Waals surface area contributed by atoms with E-state index < -0.39 is 15.5 Å². The Bertz CT molecular complexity index is 1530. The number of alkyl halides is 3. The molecule has 5 rings (SSSR count). The van der Waals surface area contributed by atoms with Crippen molar-refractivity contribution in [1.29, 1.82) is 0 Å². The molecule has 0 bridgehead atoms. The lowest BCUT2D eigenvalue weighted by Crippen LogP contribution is -2.44. The van der Waals surface area contributed by atoms with Crippen LogP contribution < -0.4 is 0 Å². The first-order chi connectivity index (χ1) is 17.6. The lowest BCUT2D eigenvalue weighted by atomic mass is 9.84. The van der Waals surface area contributed by atoms with Gasteiger partial charge in [0, 0.05) is 40.4 Å². The second-order valence-electron chi connectivity index (χ2n) is 9.04. The molecule has 1 atom stereocenters. The zero-order valence-corrected chi connectivity index (χ0v) is 21.7. The molecule has 4 aromatic rings. The Morgan fingerprint density at radius 3 is 2.24 bits per heavy atom. The lowest BCUT2D eigenvalue weighted by Gasteiger charge is -2.31. The topological polar surface area (TPSA) is 66.1 Å². The molecule has 0 spiro atoms. The van der Waals surface area contributed by atoms with Crippen molar-refractivity contribution in [3.8, 4) is 0 Å². The van der Waals surface area contributed by atoms with Gasteiger partial charge in [-0.15, -0.1) is 0 Å². The van der Waals surface area contributed by atoms with E-state index in [0.29, 0.717) is 14.4 Å². The summed E-state index contributed by atoms with van der Waals surface area (Å²) in [5, 5.41) is 9.57. The van der Waals surface area contributed by atoms with Gasteiger partial charge < -0.3 is 0 Å². The number of fused-ring (bicyclic) bond motifs is 1. The first kappa shape index (κ1) is 26.0. The molecule has 37 heavy (non-hydrogen) atoms. The molecule has 0 amide bonds. The van der Waals surface area contributed by atoms with Crippen LogP contribution in [0.25, 0.3) is 10.9 Å².